The monoisotopic (exact) mass is 165 g/mol. The van der Waals surface area contributed by atoms with Crippen molar-refractivity contribution in [3.05, 3.63) is 11.6 Å². The second-order valence-corrected chi connectivity index (χ2v) is 3.23. The van der Waals surface area contributed by atoms with E-state index in [1.54, 1.807) is 0 Å². The molecule has 12 heavy (non-hydrogen) atoms. The van der Waals surface area contributed by atoms with E-state index in [0.29, 0.717) is 11.7 Å². The minimum atomic E-state index is 0.444. The number of aromatic nitrogens is 3. The Hall–Kier alpha value is -1.19. The summed E-state index contributed by atoms with van der Waals surface area (Å²) in [6.07, 6.45) is 3.04. The minimum Gasteiger partial charge on any atom is -0.309 e. The Bertz CT molecular complexity index is 305. The Kier molecular flexibility index (Phi) is 1.67. The van der Waals surface area contributed by atoms with Crippen LogP contribution in [0.3, 0.4) is 0 Å². The zero-order valence-electron chi connectivity index (χ0n) is 7.03. The van der Waals surface area contributed by atoms with Gasteiger partial charge < -0.3 is 4.57 Å². The number of carbonyl (C=O) groups is 1. The molecule has 0 bridgehead atoms. The van der Waals surface area contributed by atoms with E-state index in [1.807, 2.05) is 4.57 Å². The highest BCUT2D eigenvalue weighted by Crippen LogP contribution is 2.24. The number of rotatable bonds is 1. The third kappa shape index (κ3) is 0.948. The number of nitrogens with zero attached hydrogens (tertiary/aromatic N) is 3. The highest BCUT2D eigenvalue weighted by molar-refractivity contribution is 5.69. The number of fused-ring (bicyclic) bond motifs is 1. The van der Waals surface area contributed by atoms with Crippen LogP contribution in [0.5, 0.6) is 0 Å². The fourth-order valence-corrected chi connectivity index (χ4v) is 1.69. The van der Waals surface area contributed by atoms with E-state index in [1.165, 1.54) is 0 Å². The van der Waals surface area contributed by atoms with Crippen molar-refractivity contribution in [2.45, 2.75) is 32.2 Å². The van der Waals surface area contributed by atoms with Crippen LogP contribution in [0, 0.1) is 0 Å². The Morgan fingerprint density at radius 2 is 2.42 bits per heavy atom. The molecule has 1 aliphatic rings. The van der Waals surface area contributed by atoms with Gasteiger partial charge in [-0.25, -0.2) is 0 Å². The zero-order valence-corrected chi connectivity index (χ0v) is 7.03. The molecular weight excluding hydrogens is 154 g/mol. The van der Waals surface area contributed by atoms with Gasteiger partial charge in [0.25, 0.3) is 0 Å². The van der Waals surface area contributed by atoms with Crippen LogP contribution >= 0.6 is 0 Å². The van der Waals surface area contributed by atoms with Gasteiger partial charge in [-0.2, -0.15) is 0 Å². The molecule has 4 heteroatoms. The van der Waals surface area contributed by atoms with Crippen LogP contribution in [0.2, 0.25) is 0 Å². The van der Waals surface area contributed by atoms with Crippen molar-refractivity contribution in [3.63, 3.8) is 0 Å². The topological polar surface area (TPSA) is 47.8 Å². The molecule has 2 heterocycles. The van der Waals surface area contributed by atoms with Gasteiger partial charge in [-0.05, 0) is 12.8 Å². The van der Waals surface area contributed by atoms with Crippen molar-refractivity contribution < 1.29 is 4.79 Å². The van der Waals surface area contributed by atoms with E-state index >= 15 is 0 Å². The van der Waals surface area contributed by atoms with E-state index < -0.39 is 0 Å². The van der Waals surface area contributed by atoms with Gasteiger partial charge >= 0.3 is 0 Å². The molecule has 0 amide bonds. The third-order valence-electron chi connectivity index (χ3n) is 2.37. The molecule has 4 nitrogen and oxygen atoms in total. The van der Waals surface area contributed by atoms with Crippen molar-refractivity contribution in [2.24, 2.45) is 0 Å². The van der Waals surface area contributed by atoms with Gasteiger partial charge in [0.15, 0.2) is 12.1 Å². The van der Waals surface area contributed by atoms with Gasteiger partial charge in [0.2, 0.25) is 0 Å². The molecule has 0 spiro atoms. The van der Waals surface area contributed by atoms with E-state index in [-0.39, 0.29) is 0 Å². The molecule has 2 rings (SSSR count). The molecule has 1 aromatic rings. The smallest absolute Gasteiger partial charge is 0.196 e. The second-order valence-electron chi connectivity index (χ2n) is 3.23. The fourth-order valence-electron chi connectivity index (χ4n) is 1.69. The number of hydrogen-bond acceptors (Lipinski definition) is 3. The molecule has 1 aromatic heterocycles. The summed E-state index contributed by atoms with van der Waals surface area (Å²) in [5.41, 5.74) is 0. The van der Waals surface area contributed by atoms with E-state index in [2.05, 4.69) is 17.1 Å². The molecular formula is C8H11N3O. The quantitative estimate of drug-likeness (QED) is 0.583. The van der Waals surface area contributed by atoms with Crippen molar-refractivity contribution in [1.82, 2.24) is 14.8 Å². The van der Waals surface area contributed by atoms with E-state index in [9.17, 15) is 4.79 Å². The average Bonchev–Trinajstić information content (AvgIpc) is 2.49. The molecule has 0 radical (unpaired) electrons. The Morgan fingerprint density at radius 3 is 3.17 bits per heavy atom. The maximum absolute atomic E-state index is 10.5. The summed E-state index contributed by atoms with van der Waals surface area (Å²) in [6.45, 7) is 3.01. The summed E-state index contributed by atoms with van der Waals surface area (Å²) in [4.78, 5) is 10.5. The van der Waals surface area contributed by atoms with Gasteiger partial charge in [-0.15, -0.1) is 10.2 Å². The molecule has 1 atom stereocenters. The summed E-state index contributed by atoms with van der Waals surface area (Å²) >= 11 is 0. The van der Waals surface area contributed by atoms with Crippen molar-refractivity contribution in [3.8, 4) is 0 Å². The fraction of sp³-hybridized carbons (Fsp3) is 0.625. The summed E-state index contributed by atoms with van der Waals surface area (Å²) < 4.78 is 1.92. The van der Waals surface area contributed by atoms with Crippen LogP contribution in [0.15, 0.2) is 0 Å². The normalized spacial score (nSPS) is 21.9. The first-order valence-electron chi connectivity index (χ1n) is 4.21. The minimum absolute atomic E-state index is 0.444. The maximum Gasteiger partial charge on any atom is 0.196 e. The summed E-state index contributed by atoms with van der Waals surface area (Å²) in [5, 5.41) is 7.80. The zero-order chi connectivity index (χ0) is 8.55. The molecule has 0 aliphatic carbocycles. The highest BCUT2D eigenvalue weighted by Gasteiger charge is 2.20. The van der Waals surface area contributed by atoms with Crippen LogP contribution in [-0.2, 0) is 6.54 Å². The van der Waals surface area contributed by atoms with E-state index in [0.717, 1.165) is 31.5 Å². The third-order valence-corrected chi connectivity index (χ3v) is 2.37. The van der Waals surface area contributed by atoms with Gasteiger partial charge in [-0.3, -0.25) is 4.79 Å². The first-order chi connectivity index (χ1) is 5.83. The molecule has 1 aliphatic heterocycles. The standard InChI is InChI=1S/C8H11N3O/c1-6-3-2-4-11-7(5-12)9-10-8(6)11/h5-6H,2-4H2,1H3. The molecule has 64 valence electrons. The number of carbonyl (C=O) groups excluding carboxylic acids is 1. The van der Waals surface area contributed by atoms with Crippen molar-refractivity contribution in [1.29, 1.82) is 0 Å². The van der Waals surface area contributed by atoms with Gasteiger partial charge in [0.05, 0.1) is 0 Å². The highest BCUT2D eigenvalue weighted by atomic mass is 16.1. The van der Waals surface area contributed by atoms with Gasteiger partial charge in [0, 0.05) is 12.5 Å². The molecule has 0 fully saturated rings. The van der Waals surface area contributed by atoms with E-state index in [4.69, 9.17) is 0 Å². The lowest BCUT2D eigenvalue weighted by atomic mass is 10.0. The van der Waals surface area contributed by atoms with Gasteiger partial charge in [-0.1, -0.05) is 6.92 Å². The molecule has 0 N–H and O–H groups in total. The van der Waals surface area contributed by atoms with Crippen molar-refractivity contribution >= 4 is 6.29 Å². The molecule has 1 unspecified atom stereocenters. The lowest BCUT2D eigenvalue weighted by molar-refractivity contribution is 0.111. The van der Waals surface area contributed by atoms with Gasteiger partial charge in [0.1, 0.15) is 5.82 Å². The predicted octanol–water partition coefficient (Wildman–Crippen LogP) is 0.988. The second kappa shape index (κ2) is 2.69. The van der Waals surface area contributed by atoms with Crippen LogP contribution < -0.4 is 0 Å². The first kappa shape index (κ1) is 7.46. The summed E-state index contributed by atoms with van der Waals surface area (Å²) in [6, 6.07) is 0. The van der Waals surface area contributed by atoms with Crippen LogP contribution in [-0.4, -0.2) is 21.1 Å². The number of hydrogen-bond donors (Lipinski definition) is 0. The SMILES string of the molecule is CC1CCCn2c(C=O)nnc21. The molecule has 0 saturated carbocycles. The average molecular weight is 165 g/mol. The number of aldehydes is 1. The maximum atomic E-state index is 10.5. The van der Waals surface area contributed by atoms with Crippen LogP contribution in [0.25, 0.3) is 0 Å². The Labute approximate surface area is 70.6 Å². The molecule has 0 saturated heterocycles. The van der Waals surface area contributed by atoms with Crippen LogP contribution in [0.1, 0.15) is 42.1 Å². The van der Waals surface area contributed by atoms with Crippen LogP contribution in [0.4, 0.5) is 0 Å². The Balaban J connectivity index is 2.47. The summed E-state index contributed by atoms with van der Waals surface area (Å²) in [7, 11) is 0. The van der Waals surface area contributed by atoms with Crippen molar-refractivity contribution in [2.75, 3.05) is 0 Å². The lowest BCUT2D eigenvalue weighted by Gasteiger charge is -2.18. The lowest BCUT2D eigenvalue weighted by Crippen LogP contribution is -2.15. The Morgan fingerprint density at radius 1 is 1.58 bits per heavy atom. The largest absolute Gasteiger partial charge is 0.309 e. The predicted molar refractivity (Wildman–Crippen MR) is 43.1 cm³/mol. The first-order valence-corrected chi connectivity index (χ1v) is 4.21. The summed E-state index contributed by atoms with van der Waals surface area (Å²) in [5.74, 6) is 1.87. The molecule has 0 aromatic carbocycles.